The highest BCUT2D eigenvalue weighted by Crippen LogP contribution is 2.48. The standard InChI is InChI=1S/C23H29N3O/c1-16-6-5-13-26(15-16)21-18-10-12-23(14-20(18)24-22(25-21)27-2)11-9-17-7-3-4-8-19(17)23/h3-4,7-8,16H,5-6,9-15H2,1-2H3. The Morgan fingerprint density at radius 2 is 2.00 bits per heavy atom. The normalized spacial score (nSPS) is 26.7. The van der Waals surface area contributed by atoms with Crippen LogP contribution in [0.5, 0.6) is 6.01 Å². The quantitative estimate of drug-likeness (QED) is 0.805. The van der Waals surface area contributed by atoms with Crippen molar-refractivity contribution in [3.05, 3.63) is 46.6 Å². The van der Waals surface area contributed by atoms with Gasteiger partial charge < -0.3 is 9.64 Å². The van der Waals surface area contributed by atoms with Crippen LogP contribution in [0.4, 0.5) is 5.82 Å². The lowest BCUT2D eigenvalue weighted by molar-refractivity contribution is 0.344. The van der Waals surface area contributed by atoms with Crippen LogP contribution in [0, 0.1) is 5.92 Å². The molecular formula is C23H29N3O. The molecule has 0 bridgehead atoms. The second kappa shape index (κ2) is 6.50. The molecule has 2 aliphatic carbocycles. The molecule has 0 saturated carbocycles. The van der Waals surface area contributed by atoms with Crippen LogP contribution >= 0.6 is 0 Å². The summed E-state index contributed by atoms with van der Waals surface area (Å²) in [6.07, 6.45) is 8.32. The minimum absolute atomic E-state index is 0.259. The first-order valence-corrected chi connectivity index (χ1v) is 10.5. The number of hydrogen-bond donors (Lipinski definition) is 0. The Labute approximate surface area is 162 Å². The molecule has 0 radical (unpaired) electrons. The van der Waals surface area contributed by atoms with Crippen LogP contribution in [0.1, 0.15) is 55.0 Å². The maximum atomic E-state index is 5.51. The smallest absolute Gasteiger partial charge is 0.318 e. The molecule has 2 aromatic rings. The van der Waals surface area contributed by atoms with Gasteiger partial charge in [0.05, 0.1) is 12.8 Å². The Hall–Kier alpha value is -2.10. The van der Waals surface area contributed by atoms with Crippen LogP contribution in [0.25, 0.3) is 0 Å². The summed E-state index contributed by atoms with van der Waals surface area (Å²) in [5.74, 6) is 1.87. The highest BCUT2D eigenvalue weighted by Gasteiger charge is 2.42. The second-order valence-corrected chi connectivity index (χ2v) is 8.77. The van der Waals surface area contributed by atoms with Crippen molar-refractivity contribution in [2.45, 2.75) is 57.3 Å². The van der Waals surface area contributed by atoms with Gasteiger partial charge in [0.1, 0.15) is 5.82 Å². The van der Waals surface area contributed by atoms with E-state index >= 15 is 0 Å². The molecule has 3 aliphatic rings. The largest absolute Gasteiger partial charge is 0.467 e. The summed E-state index contributed by atoms with van der Waals surface area (Å²) in [5.41, 5.74) is 5.95. The monoisotopic (exact) mass is 363 g/mol. The molecule has 2 unspecified atom stereocenters. The van der Waals surface area contributed by atoms with Crippen molar-refractivity contribution in [2.24, 2.45) is 5.92 Å². The zero-order valence-corrected chi connectivity index (χ0v) is 16.5. The SMILES string of the molecule is COc1nc2c(c(N3CCCC(C)C3)n1)CCC1(CCc3ccccc31)C2. The van der Waals surface area contributed by atoms with Crippen molar-refractivity contribution in [3.63, 3.8) is 0 Å². The van der Waals surface area contributed by atoms with Crippen LogP contribution < -0.4 is 9.64 Å². The maximum absolute atomic E-state index is 5.51. The number of piperidine rings is 1. The van der Waals surface area contributed by atoms with E-state index in [1.165, 1.54) is 48.9 Å². The first kappa shape index (κ1) is 17.0. The summed E-state index contributed by atoms with van der Waals surface area (Å²) >= 11 is 0. The number of methoxy groups -OCH3 is 1. The van der Waals surface area contributed by atoms with Gasteiger partial charge in [-0.2, -0.15) is 9.97 Å². The predicted molar refractivity (Wildman–Crippen MR) is 108 cm³/mol. The lowest BCUT2D eigenvalue weighted by Crippen LogP contribution is -2.38. The topological polar surface area (TPSA) is 38.2 Å². The van der Waals surface area contributed by atoms with Gasteiger partial charge in [0.2, 0.25) is 0 Å². The lowest BCUT2D eigenvalue weighted by atomic mass is 9.69. The summed E-state index contributed by atoms with van der Waals surface area (Å²) in [7, 11) is 1.69. The summed E-state index contributed by atoms with van der Waals surface area (Å²) in [6, 6.07) is 9.56. The van der Waals surface area contributed by atoms with Gasteiger partial charge in [-0.3, -0.25) is 0 Å². The first-order chi connectivity index (χ1) is 13.2. The number of benzene rings is 1. The van der Waals surface area contributed by atoms with Gasteiger partial charge in [0.25, 0.3) is 0 Å². The van der Waals surface area contributed by atoms with Crippen LogP contribution in [-0.2, 0) is 24.7 Å². The Kier molecular flexibility index (Phi) is 4.10. The summed E-state index contributed by atoms with van der Waals surface area (Å²) in [5, 5.41) is 0. The molecule has 4 heteroatoms. The Bertz CT molecular complexity index is 865. The molecule has 2 heterocycles. The third-order valence-electron chi connectivity index (χ3n) is 7.01. The summed E-state index contributed by atoms with van der Waals surface area (Å²) in [6.45, 7) is 4.55. The zero-order valence-electron chi connectivity index (χ0n) is 16.5. The molecule has 1 fully saturated rings. The average molecular weight is 364 g/mol. The predicted octanol–water partition coefficient (Wildman–Crippen LogP) is 4.09. The van der Waals surface area contributed by atoms with Crippen LogP contribution in [0.2, 0.25) is 0 Å². The third kappa shape index (κ3) is 2.81. The highest BCUT2D eigenvalue weighted by molar-refractivity contribution is 5.54. The Morgan fingerprint density at radius 3 is 2.85 bits per heavy atom. The van der Waals surface area contributed by atoms with Crippen LogP contribution in [0.15, 0.2) is 24.3 Å². The van der Waals surface area contributed by atoms with E-state index in [0.29, 0.717) is 6.01 Å². The van der Waals surface area contributed by atoms with Crippen molar-refractivity contribution < 1.29 is 4.74 Å². The fourth-order valence-electron chi connectivity index (χ4n) is 5.61. The molecule has 1 aliphatic heterocycles. The minimum atomic E-state index is 0.259. The number of aryl methyl sites for hydroxylation is 1. The van der Waals surface area contributed by atoms with Gasteiger partial charge in [-0.1, -0.05) is 31.2 Å². The molecule has 2 atom stereocenters. The Morgan fingerprint density at radius 1 is 1.15 bits per heavy atom. The third-order valence-corrected chi connectivity index (χ3v) is 7.01. The van der Waals surface area contributed by atoms with Gasteiger partial charge in [-0.15, -0.1) is 0 Å². The Balaban J connectivity index is 1.55. The van der Waals surface area contributed by atoms with E-state index in [9.17, 15) is 0 Å². The molecular weight excluding hydrogens is 334 g/mol. The molecule has 1 saturated heterocycles. The molecule has 4 nitrogen and oxygen atoms in total. The molecule has 142 valence electrons. The second-order valence-electron chi connectivity index (χ2n) is 8.77. The van der Waals surface area contributed by atoms with E-state index in [-0.39, 0.29) is 5.41 Å². The van der Waals surface area contributed by atoms with Crippen molar-refractivity contribution in [3.8, 4) is 6.01 Å². The molecule has 27 heavy (non-hydrogen) atoms. The van der Waals surface area contributed by atoms with E-state index in [1.54, 1.807) is 12.7 Å². The first-order valence-electron chi connectivity index (χ1n) is 10.5. The van der Waals surface area contributed by atoms with E-state index in [0.717, 1.165) is 37.7 Å². The van der Waals surface area contributed by atoms with E-state index in [4.69, 9.17) is 14.7 Å². The molecule has 1 aromatic heterocycles. The number of hydrogen-bond acceptors (Lipinski definition) is 4. The van der Waals surface area contributed by atoms with Gasteiger partial charge in [-0.25, -0.2) is 0 Å². The van der Waals surface area contributed by atoms with Crippen molar-refractivity contribution in [1.82, 2.24) is 9.97 Å². The van der Waals surface area contributed by atoms with E-state index in [2.05, 4.69) is 36.1 Å². The molecule has 1 aromatic carbocycles. The van der Waals surface area contributed by atoms with Crippen molar-refractivity contribution >= 4 is 5.82 Å². The van der Waals surface area contributed by atoms with Gasteiger partial charge in [0, 0.05) is 24.1 Å². The van der Waals surface area contributed by atoms with Crippen molar-refractivity contribution in [1.29, 1.82) is 0 Å². The molecule has 1 spiro atoms. The highest BCUT2D eigenvalue weighted by atomic mass is 16.5. The number of fused-ring (bicyclic) bond motifs is 3. The summed E-state index contributed by atoms with van der Waals surface area (Å²) < 4.78 is 5.51. The zero-order chi connectivity index (χ0) is 18.4. The summed E-state index contributed by atoms with van der Waals surface area (Å²) in [4.78, 5) is 12.1. The number of anilines is 1. The molecule has 0 N–H and O–H groups in total. The lowest BCUT2D eigenvalue weighted by Gasteiger charge is -2.38. The average Bonchev–Trinajstić information content (AvgIpc) is 3.05. The number of aromatic nitrogens is 2. The maximum Gasteiger partial charge on any atom is 0.318 e. The van der Waals surface area contributed by atoms with Gasteiger partial charge in [0.15, 0.2) is 0 Å². The van der Waals surface area contributed by atoms with Gasteiger partial charge >= 0.3 is 6.01 Å². The molecule has 5 rings (SSSR count). The number of rotatable bonds is 2. The van der Waals surface area contributed by atoms with Crippen molar-refractivity contribution in [2.75, 3.05) is 25.1 Å². The van der Waals surface area contributed by atoms with E-state index in [1.807, 2.05) is 0 Å². The fraction of sp³-hybridized carbons (Fsp3) is 0.565. The number of ether oxygens (including phenoxy) is 1. The molecule has 0 amide bonds. The fourth-order valence-corrected chi connectivity index (χ4v) is 5.61. The number of nitrogens with zero attached hydrogens (tertiary/aromatic N) is 3. The van der Waals surface area contributed by atoms with E-state index < -0.39 is 0 Å². The van der Waals surface area contributed by atoms with Gasteiger partial charge in [-0.05, 0) is 62.0 Å². The van der Waals surface area contributed by atoms with Crippen LogP contribution in [-0.4, -0.2) is 30.2 Å². The minimum Gasteiger partial charge on any atom is -0.467 e. The van der Waals surface area contributed by atoms with Crippen LogP contribution in [0.3, 0.4) is 0 Å².